The van der Waals surface area contributed by atoms with Crippen molar-refractivity contribution < 1.29 is 19.4 Å². The minimum atomic E-state index is -0.926. The van der Waals surface area contributed by atoms with Crippen LogP contribution < -0.4 is 0 Å². The maximum absolute atomic E-state index is 12.9. The van der Waals surface area contributed by atoms with Gasteiger partial charge in [-0.3, -0.25) is 9.69 Å². The summed E-state index contributed by atoms with van der Waals surface area (Å²) in [6.45, 7) is 1.07. The van der Waals surface area contributed by atoms with Gasteiger partial charge in [0.2, 0.25) is 0 Å². The molecule has 1 atom stereocenters. The van der Waals surface area contributed by atoms with Crippen LogP contribution >= 0.6 is 11.6 Å². The van der Waals surface area contributed by atoms with Crippen LogP contribution in [0.5, 0.6) is 0 Å². The third-order valence-corrected chi connectivity index (χ3v) is 5.48. The number of ketones is 1. The molecule has 0 saturated carbocycles. The second kappa shape index (κ2) is 8.48. The Labute approximate surface area is 163 Å². The molecule has 1 saturated heterocycles. The molecule has 0 aromatic heterocycles. The Balaban J connectivity index is 1.51. The van der Waals surface area contributed by atoms with Gasteiger partial charge < -0.3 is 10.2 Å². The van der Waals surface area contributed by atoms with E-state index in [0.717, 1.165) is 5.56 Å². The van der Waals surface area contributed by atoms with Gasteiger partial charge in [-0.25, -0.2) is 4.39 Å². The Morgan fingerprint density at radius 1 is 1.11 bits per heavy atom. The van der Waals surface area contributed by atoms with Crippen molar-refractivity contribution in [2.24, 2.45) is 0 Å². The van der Waals surface area contributed by atoms with Crippen molar-refractivity contribution >= 4 is 17.4 Å². The van der Waals surface area contributed by atoms with Gasteiger partial charge in [0.25, 0.3) is 0 Å². The molecule has 2 aromatic carbocycles. The Kier molecular flexibility index (Phi) is 6.27. The summed E-state index contributed by atoms with van der Waals surface area (Å²) in [5, 5.41) is 21.9. The largest absolute Gasteiger partial charge is 0.385 e. The van der Waals surface area contributed by atoms with Crippen LogP contribution in [-0.4, -0.2) is 40.2 Å². The third-order valence-electron chi connectivity index (χ3n) is 5.22. The number of piperidine rings is 1. The van der Waals surface area contributed by atoms with Crippen LogP contribution in [0.15, 0.2) is 48.5 Å². The minimum Gasteiger partial charge on any atom is -0.385 e. The fourth-order valence-electron chi connectivity index (χ4n) is 3.46. The molecule has 0 radical (unpaired) electrons. The molecule has 0 bridgehead atoms. The fourth-order valence-corrected chi connectivity index (χ4v) is 3.59. The second-order valence-electron chi connectivity index (χ2n) is 7.02. The molecule has 0 spiro atoms. The topological polar surface area (TPSA) is 60.8 Å². The van der Waals surface area contributed by atoms with Crippen molar-refractivity contribution in [2.75, 3.05) is 13.1 Å². The number of carbonyl (C=O) groups is 1. The van der Waals surface area contributed by atoms with E-state index in [4.69, 9.17) is 11.6 Å². The second-order valence-corrected chi connectivity index (χ2v) is 7.46. The fraction of sp³-hybridized carbons (Fsp3) is 0.381. The summed E-state index contributed by atoms with van der Waals surface area (Å²) in [4.78, 5) is 14.0. The summed E-state index contributed by atoms with van der Waals surface area (Å²) in [6, 6.07) is 12.6. The van der Waals surface area contributed by atoms with Crippen LogP contribution in [0.25, 0.3) is 0 Å². The Bertz CT molecular complexity index is 771. The molecule has 3 rings (SSSR count). The van der Waals surface area contributed by atoms with Gasteiger partial charge in [-0.05, 0) is 61.2 Å². The average molecular weight is 392 g/mol. The molecular formula is C21H23ClFNO3. The maximum Gasteiger partial charge on any atom is 0.163 e. The van der Waals surface area contributed by atoms with E-state index in [1.165, 1.54) is 24.3 Å². The molecule has 1 aliphatic heterocycles. The molecular weight excluding hydrogens is 369 g/mol. The van der Waals surface area contributed by atoms with Crippen molar-refractivity contribution in [3.05, 3.63) is 70.5 Å². The molecule has 2 N–H and O–H groups in total. The number of rotatable bonds is 6. The number of hydrogen-bond acceptors (Lipinski definition) is 4. The summed E-state index contributed by atoms with van der Waals surface area (Å²) in [6.07, 6.45) is 0.736. The Morgan fingerprint density at radius 2 is 1.70 bits per heavy atom. The first kappa shape index (κ1) is 20.0. The molecule has 1 fully saturated rings. The molecule has 6 heteroatoms. The first-order valence-electron chi connectivity index (χ1n) is 9.07. The molecule has 1 heterocycles. The van der Waals surface area contributed by atoms with Crippen LogP contribution in [0.4, 0.5) is 4.39 Å². The lowest BCUT2D eigenvalue weighted by Gasteiger charge is -2.40. The number of likely N-dealkylation sites (tertiary alicyclic amines) is 1. The molecule has 27 heavy (non-hydrogen) atoms. The van der Waals surface area contributed by atoms with Crippen molar-refractivity contribution in [2.45, 2.75) is 37.5 Å². The Morgan fingerprint density at radius 3 is 2.30 bits per heavy atom. The van der Waals surface area contributed by atoms with Gasteiger partial charge in [-0.15, -0.1) is 0 Å². The number of carbonyl (C=O) groups excluding carboxylic acids is 1. The number of aliphatic hydroxyl groups excluding tert-OH is 1. The van der Waals surface area contributed by atoms with E-state index in [1.807, 2.05) is 17.0 Å². The minimum absolute atomic E-state index is 0.122. The zero-order chi connectivity index (χ0) is 19.4. The van der Waals surface area contributed by atoms with Crippen molar-refractivity contribution in [3.8, 4) is 0 Å². The predicted octanol–water partition coefficient (Wildman–Crippen LogP) is 3.74. The maximum atomic E-state index is 12.9. The van der Waals surface area contributed by atoms with Gasteiger partial charge in [-0.1, -0.05) is 23.7 Å². The van der Waals surface area contributed by atoms with E-state index in [2.05, 4.69) is 0 Å². The van der Waals surface area contributed by atoms with E-state index in [0.29, 0.717) is 42.9 Å². The van der Waals surface area contributed by atoms with Crippen LogP contribution in [0.2, 0.25) is 5.02 Å². The van der Waals surface area contributed by atoms with Crippen LogP contribution in [0.3, 0.4) is 0 Å². The van der Waals surface area contributed by atoms with Crippen molar-refractivity contribution in [1.82, 2.24) is 4.90 Å². The monoisotopic (exact) mass is 391 g/mol. The van der Waals surface area contributed by atoms with Crippen molar-refractivity contribution in [1.29, 1.82) is 0 Å². The molecule has 1 unspecified atom stereocenters. The summed E-state index contributed by atoms with van der Waals surface area (Å²) < 4.78 is 12.9. The predicted molar refractivity (Wildman–Crippen MR) is 102 cm³/mol. The van der Waals surface area contributed by atoms with Crippen LogP contribution in [0, 0.1) is 5.82 Å². The van der Waals surface area contributed by atoms with E-state index in [1.54, 1.807) is 12.1 Å². The highest BCUT2D eigenvalue weighted by atomic mass is 35.5. The normalized spacial score (nSPS) is 18.2. The first-order valence-corrected chi connectivity index (χ1v) is 9.44. The summed E-state index contributed by atoms with van der Waals surface area (Å²) >= 11 is 5.90. The zero-order valence-corrected chi connectivity index (χ0v) is 15.7. The summed E-state index contributed by atoms with van der Waals surface area (Å²) in [5.41, 5.74) is 0.344. The molecule has 0 amide bonds. The molecule has 0 aliphatic carbocycles. The van der Waals surface area contributed by atoms with Crippen LogP contribution in [-0.2, 0) is 5.60 Å². The van der Waals surface area contributed by atoms with Gasteiger partial charge in [0.1, 0.15) is 12.0 Å². The molecule has 1 aliphatic rings. The molecule has 144 valence electrons. The number of aliphatic hydroxyl groups is 2. The van der Waals surface area contributed by atoms with Crippen molar-refractivity contribution in [3.63, 3.8) is 0 Å². The van der Waals surface area contributed by atoms with Gasteiger partial charge in [0.05, 0.1) is 5.60 Å². The number of halogens is 2. The quantitative estimate of drug-likeness (QED) is 0.736. The Hall–Kier alpha value is -1.79. The lowest BCUT2D eigenvalue weighted by molar-refractivity contribution is -0.0792. The molecule has 4 nitrogen and oxygen atoms in total. The van der Waals surface area contributed by atoms with Crippen LogP contribution in [0.1, 0.15) is 41.6 Å². The SMILES string of the molecule is O=C(CCC(O)N1CCC(O)(c2ccc(Cl)cc2)CC1)c1ccc(F)cc1. The van der Waals surface area contributed by atoms with E-state index in [-0.39, 0.29) is 18.0 Å². The smallest absolute Gasteiger partial charge is 0.163 e. The summed E-state index contributed by atoms with van der Waals surface area (Å²) in [7, 11) is 0. The zero-order valence-electron chi connectivity index (χ0n) is 14.9. The highest BCUT2D eigenvalue weighted by Gasteiger charge is 2.35. The third kappa shape index (κ3) is 4.93. The van der Waals surface area contributed by atoms with E-state index in [9.17, 15) is 19.4 Å². The van der Waals surface area contributed by atoms with Gasteiger partial charge in [-0.2, -0.15) is 0 Å². The number of Topliss-reactive ketones (excluding diaryl/α,β-unsaturated/α-hetero) is 1. The van der Waals surface area contributed by atoms with Gasteiger partial charge >= 0.3 is 0 Å². The van der Waals surface area contributed by atoms with E-state index >= 15 is 0 Å². The number of nitrogens with zero attached hydrogens (tertiary/aromatic N) is 1. The van der Waals surface area contributed by atoms with Gasteiger partial charge in [0, 0.05) is 30.1 Å². The van der Waals surface area contributed by atoms with E-state index < -0.39 is 11.8 Å². The average Bonchev–Trinajstić information content (AvgIpc) is 2.67. The highest BCUT2D eigenvalue weighted by Crippen LogP contribution is 2.34. The number of hydrogen-bond donors (Lipinski definition) is 2. The standard InChI is InChI=1S/C21H23ClFNO3/c22-17-5-3-16(4-6-17)21(27)11-13-24(14-12-21)20(26)10-9-19(25)15-1-7-18(23)8-2-15/h1-8,20,26-27H,9-14H2. The summed E-state index contributed by atoms with van der Waals surface area (Å²) in [5.74, 6) is -0.503. The first-order chi connectivity index (χ1) is 12.9. The van der Waals surface area contributed by atoms with Gasteiger partial charge in [0.15, 0.2) is 5.78 Å². The molecule has 2 aromatic rings. The lowest BCUT2D eigenvalue weighted by atomic mass is 9.84. The number of benzene rings is 2. The lowest BCUT2D eigenvalue weighted by Crippen LogP contribution is -2.47. The highest BCUT2D eigenvalue weighted by molar-refractivity contribution is 6.30.